The van der Waals surface area contributed by atoms with E-state index in [1.807, 2.05) is 0 Å². The molecule has 0 radical (unpaired) electrons. The summed E-state index contributed by atoms with van der Waals surface area (Å²) >= 11 is 0. The van der Waals surface area contributed by atoms with E-state index < -0.39 is 0 Å². The van der Waals surface area contributed by atoms with Gasteiger partial charge in [0, 0.05) is 18.5 Å². The lowest BCUT2D eigenvalue weighted by Gasteiger charge is -2.31. The van der Waals surface area contributed by atoms with Gasteiger partial charge in [-0.15, -0.1) is 0 Å². The molecule has 3 rings (SSSR count). The van der Waals surface area contributed by atoms with Crippen molar-refractivity contribution in [3.05, 3.63) is 0 Å². The number of aliphatic imine (C=N–C) groups is 1. The second-order valence-corrected chi connectivity index (χ2v) is 6.34. The summed E-state index contributed by atoms with van der Waals surface area (Å²) < 4.78 is 0. The Labute approximate surface area is 111 Å². The molecule has 0 spiro atoms. The van der Waals surface area contributed by atoms with Gasteiger partial charge < -0.3 is 5.73 Å². The predicted octanol–water partition coefficient (Wildman–Crippen LogP) is 2.55. The van der Waals surface area contributed by atoms with Crippen LogP contribution in [0.2, 0.25) is 0 Å². The minimum Gasteiger partial charge on any atom is -0.387 e. The SMILES string of the molecule is NC(=NC1CCN2CCCCC12)C1CCCCC1. The Morgan fingerprint density at radius 3 is 2.50 bits per heavy atom. The summed E-state index contributed by atoms with van der Waals surface area (Å²) in [6.45, 7) is 2.54. The average molecular weight is 249 g/mol. The first-order valence-corrected chi connectivity index (χ1v) is 7.92. The fourth-order valence-corrected chi connectivity index (χ4v) is 4.07. The molecule has 2 heterocycles. The van der Waals surface area contributed by atoms with Crippen molar-refractivity contribution in [3.63, 3.8) is 0 Å². The van der Waals surface area contributed by atoms with E-state index in [2.05, 4.69) is 4.90 Å². The molecule has 2 N–H and O–H groups in total. The number of fused-ring (bicyclic) bond motifs is 1. The van der Waals surface area contributed by atoms with E-state index in [1.54, 1.807) is 0 Å². The molecule has 0 aromatic rings. The molecular weight excluding hydrogens is 222 g/mol. The monoisotopic (exact) mass is 249 g/mol. The summed E-state index contributed by atoms with van der Waals surface area (Å²) in [5, 5.41) is 0. The Morgan fingerprint density at radius 1 is 0.889 bits per heavy atom. The Kier molecular flexibility index (Phi) is 3.88. The molecule has 3 aliphatic rings. The van der Waals surface area contributed by atoms with Crippen LogP contribution in [0.15, 0.2) is 4.99 Å². The van der Waals surface area contributed by atoms with Crippen molar-refractivity contribution in [3.8, 4) is 0 Å². The first-order chi connectivity index (χ1) is 8.84. The molecular formula is C15H27N3. The van der Waals surface area contributed by atoms with Gasteiger partial charge in [0.25, 0.3) is 0 Å². The minimum atomic E-state index is 0.507. The number of rotatable bonds is 2. The standard InChI is InChI=1S/C15H27N3/c16-15(12-6-2-1-3-7-12)17-13-9-11-18-10-5-4-8-14(13)18/h12-14H,1-11H2,(H2,16,17). The molecule has 1 aliphatic carbocycles. The van der Waals surface area contributed by atoms with Crippen molar-refractivity contribution in [2.24, 2.45) is 16.6 Å². The number of nitrogens with zero attached hydrogens (tertiary/aromatic N) is 2. The van der Waals surface area contributed by atoms with Crippen LogP contribution in [0, 0.1) is 5.92 Å². The van der Waals surface area contributed by atoms with E-state index >= 15 is 0 Å². The molecule has 0 bridgehead atoms. The van der Waals surface area contributed by atoms with E-state index in [9.17, 15) is 0 Å². The maximum absolute atomic E-state index is 6.28. The lowest BCUT2D eigenvalue weighted by molar-refractivity contribution is 0.189. The fraction of sp³-hybridized carbons (Fsp3) is 0.933. The van der Waals surface area contributed by atoms with Crippen LogP contribution < -0.4 is 5.73 Å². The number of hydrogen-bond donors (Lipinski definition) is 1. The first-order valence-electron chi connectivity index (χ1n) is 7.92. The van der Waals surface area contributed by atoms with Crippen LogP contribution in [0.3, 0.4) is 0 Å². The lowest BCUT2D eigenvalue weighted by Crippen LogP contribution is -2.39. The van der Waals surface area contributed by atoms with E-state index in [0.29, 0.717) is 18.0 Å². The zero-order chi connectivity index (χ0) is 12.4. The molecule has 0 amide bonds. The van der Waals surface area contributed by atoms with Crippen molar-refractivity contribution in [1.29, 1.82) is 0 Å². The quantitative estimate of drug-likeness (QED) is 0.603. The van der Waals surface area contributed by atoms with Gasteiger partial charge in [-0.1, -0.05) is 25.7 Å². The second-order valence-electron chi connectivity index (χ2n) is 6.34. The fourth-order valence-electron chi connectivity index (χ4n) is 4.07. The zero-order valence-corrected chi connectivity index (χ0v) is 11.5. The molecule has 102 valence electrons. The highest BCUT2D eigenvalue weighted by molar-refractivity contribution is 5.83. The highest BCUT2D eigenvalue weighted by Crippen LogP contribution is 2.30. The second kappa shape index (κ2) is 5.60. The average Bonchev–Trinajstić information content (AvgIpc) is 2.83. The Hall–Kier alpha value is -0.570. The van der Waals surface area contributed by atoms with Gasteiger partial charge in [0.15, 0.2) is 0 Å². The molecule has 0 aromatic heterocycles. The van der Waals surface area contributed by atoms with Gasteiger partial charge in [-0.25, -0.2) is 0 Å². The van der Waals surface area contributed by atoms with Gasteiger partial charge in [0.2, 0.25) is 0 Å². The van der Waals surface area contributed by atoms with Crippen LogP contribution in [-0.4, -0.2) is 35.9 Å². The molecule has 3 heteroatoms. The molecule has 2 saturated heterocycles. The minimum absolute atomic E-state index is 0.507. The van der Waals surface area contributed by atoms with Crippen molar-refractivity contribution < 1.29 is 0 Å². The van der Waals surface area contributed by atoms with Gasteiger partial charge in [-0.2, -0.15) is 0 Å². The van der Waals surface area contributed by atoms with Crippen LogP contribution in [0.5, 0.6) is 0 Å². The van der Waals surface area contributed by atoms with Gasteiger partial charge in [0.05, 0.1) is 11.9 Å². The number of piperidine rings is 1. The molecule has 1 saturated carbocycles. The predicted molar refractivity (Wildman–Crippen MR) is 75.8 cm³/mol. The number of nitrogens with two attached hydrogens (primary N) is 1. The van der Waals surface area contributed by atoms with Crippen LogP contribution in [-0.2, 0) is 0 Å². The summed E-state index contributed by atoms with van der Waals surface area (Å²) in [6.07, 6.45) is 12.0. The van der Waals surface area contributed by atoms with Gasteiger partial charge in [-0.05, 0) is 38.6 Å². The van der Waals surface area contributed by atoms with Crippen LogP contribution in [0.25, 0.3) is 0 Å². The molecule has 2 atom stereocenters. The summed E-state index contributed by atoms with van der Waals surface area (Å²) in [7, 11) is 0. The molecule has 0 aromatic carbocycles. The molecule has 3 nitrogen and oxygen atoms in total. The van der Waals surface area contributed by atoms with Crippen molar-refractivity contribution in [2.45, 2.75) is 69.9 Å². The Balaban J connectivity index is 1.63. The summed E-state index contributed by atoms with van der Waals surface area (Å²) in [4.78, 5) is 7.58. The normalized spacial score (nSPS) is 35.7. The van der Waals surface area contributed by atoms with E-state index in [4.69, 9.17) is 10.7 Å². The molecule has 2 unspecified atom stereocenters. The van der Waals surface area contributed by atoms with E-state index in [1.165, 1.54) is 70.9 Å². The molecule has 3 fully saturated rings. The van der Waals surface area contributed by atoms with Crippen molar-refractivity contribution in [1.82, 2.24) is 4.90 Å². The van der Waals surface area contributed by atoms with E-state index in [-0.39, 0.29) is 0 Å². The van der Waals surface area contributed by atoms with Crippen molar-refractivity contribution >= 4 is 5.84 Å². The number of hydrogen-bond acceptors (Lipinski definition) is 2. The third-order valence-electron chi connectivity index (χ3n) is 5.16. The zero-order valence-electron chi connectivity index (χ0n) is 11.5. The van der Waals surface area contributed by atoms with Gasteiger partial charge in [0.1, 0.15) is 0 Å². The maximum Gasteiger partial charge on any atom is 0.0972 e. The summed E-state index contributed by atoms with van der Waals surface area (Å²) in [5.74, 6) is 1.57. The highest BCUT2D eigenvalue weighted by Gasteiger charge is 2.35. The molecule has 2 aliphatic heterocycles. The van der Waals surface area contributed by atoms with E-state index in [0.717, 1.165) is 5.84 Å². The lowest BCUT2D eigenvalue weighted by atomic mass is 9.88. The Morgan fingerprint density at radius 2 is 1.67 bits per heavy atom. The first kappa shape index (κ1) is 12.5. The van der Waals surface area contributed by atoms with Crippen LogP contribution in [0.4, 0.5) is 0 Å². The van der Waals surface area contributed by atoms with Gasteiger partial charge >= 0.3 is 0 Å². The van der Waals surface area contributed by atoms with Crippen LogP contribution in [0.1, 0.15) is 57.8 Å². The topological polar surface area (TPSA) is 41.6 Å². The molecule has 18 heavy (non-hydrogen) atoms. The Bertz CT molecular complexity index is 307. The largest absolute Gasteiger partial charge is 0.387 e. The van der Waals surface area contributed by atoms with Crippen LogP contribution >= 0.6 is 0 Å². The number of amidine groups is 1. The third kappa shape index (κ3) is 2.56. The summed E-state index contributed by atoms with van der Waals surface area (Å²) in [6, 6.07) is 1.22. The summed E-state index contributed by atoms with van der Waals surface area (Å²) in [5.41, 5.74) is 6.28. The van der Waals surface area contributed by atoms with Gasteiger partial charge in [-0.3, -0.25) is 9.89 Å². The third-order valence-corrected chi connectivity index (χ3v) is 5.16. The smallest absolute Gasteiger partial charge is 0.0972 e. The highest BCUT2D eigenvalue weighted by atomic mass is 15.2. The maximum atomic E-state index is 6.28. The van der Waals surface area contributed by atoms with Crippen molar-refractivity contribution in [2.75, 3.05) is 13.1 Å².